The molecular formula is C9H20N2O. The van der Waals surface area contributed by atoms with E-state index in [4.69, 9.17) is 0 Å². The molecule has 1 fully saturated rings. The Hall–Kier alpha value is -0.730. The summed E-state index contributed by atoms with van der Waals surface area (Å²) >= 11 is 0. The van der Waals surface area contributed by atoms with E-state index in [1.165, 1.54) is 0 Å². The van der Waals surface area contributed by atoms with Crippen molar-refractivity contribution < 1.29 is 4.79 Å². The highest BCUT2D eigenvalue weighted by molar-refractivity contribution is 5.76. The van der Waals surface area contributed by atoms with Gasteiger partial charge in [0.15, 0.2) is 0 Å². The van der Waals surface area contributed by atoms with Gasteiger partial charge in [-0.25, -0.2) is 4.79 Å². The van der Waals surface area contributed by atoms with Crippen LogP contribution in [-0.2, 0) is 0 Å². The SMILES string of the molecule is CC.CC(C)CC1CNC(=O)N1. The second-order valence-corrected chi connectivity index (χ2v) is 3.18. The Morgan fingerprint density at radius 1 is 1.50 bits per heavy atom. The molecule has 0 aromatic rings. The molecule has 1 saturated heterocycles. The summed E-state index contributed by atoms with van der Waals surface area (Å²) in [6.07, 6.45) is 1.07. The molecule has 12 heavy (non-hydrogen) atoms. The molecule has 0 bridgehead atoms. The van der Waals surface area contributed by atoms with E-state index in [2.05, 4.69) is 24.5 Å². The third kappa shape index (κ3) is 4.21. The van der Waals surface area contributed by atoms with Crippen molar-refractivity contribution in [3.63, 3.8) is 0 Å². The molecule has 1 aliphatic heterocycles. The van der Waals surface area contributed by atoms with Gasteiger partial charge in [-0.15, -0.1) is 0 Å². The minimum Gasteiger partial charge on any atom is -0.336 e. The summed E-state index contributed by atoms with van der Waals surface area (Å²) in [5, 5.41) is 5.56. The summed E-state index contributed by atoms with van der Waals surface area (Å²) in [5.74, 6) is 0.658. The summed E-state index contributed by atoms with van der Waals surface area (Å²) in [6, 6.07) is 0.332. The first-order valence-electron chi connectivity index (χ1n) is 4.73. The molecule has 1 atom stereocenters. The maximum absolute atomic E-state index is 10.6. The van der Waals surface area contributed by atoms with E-state index >= 15 is 0 Å². The van der Waals surface area contributed by atoms with E-state index in [0.29, 0.717) is 12.0 Å². The van der Waals surface area contributed by atoms with Crippen LogP contribution in [0.3, 0.4) is 0 Å². The van der Waals surface area contributed by atoms with E-state index in [1.54, 1.807) is 0 Å². The largest absolute Gasteiger partial charge is 0.336 e. The zero-order chi connectivity index (χ0) is 9.56. The van der Waals surface area contributed by atoms with Crippen LogP contribution in [0.4, 0.5) is 4.79 Å². The van der Waals surface area contributed by atoms with E-state index in [1.807, 2.05) is 13.8 Å². The van der Waals surface area contributed by atoms with Gasteiger partial charge < -0.3 is 10.6 Å². The number of hydrogen-bond acceptors (Lipinski definition) is 1. The van der Waals surface area contributed by atoms with Crippen molar-refractivity contribution in [1.29, 1.82) is 0 Å². The van der Waals surface area contributed by atoms with Crippen LogP contribution in [0.5, 0.6) is 0 Å². The second-order valence-electron chi connectivity index (χ2n) is 3.18. The molecule has 1 heterocycles. The van der Waals surface area contributed by atoms with Crippen LogP contribution in [-0.4, -0.2) is 18.6 Å². The fourth-order valence-electron chi connectivity index (χ4n) is 1.21. The molecule has 2 N–H and O–H groups in total. The number of carbonyl (C=O) groups is 1. The van der Waals surface area contributed by atoms with Crippen LogP contribution in [0.1, 0.15) is 34.1 Å². The van der Waals surface area contributed by atoms with Gasteiger partial charge in [0, 0.05) is 12.6 Å². The van der Waals surface area contributed by atoms with Gasteiger partial charge in [0.1, 0.15) is 0 Å². The topological polar surface area (TPSA) is 41.1 Å². The normalized spacial score (nSPS) is 21.1. The molecule has 0 aromatic heterocycles. The first-order valence-corrected chi connectivity index (χ1v) is 4.73. The first-order chi connectivity index (χ1) is 5.68. The summed E-state index contributed by atoms with van der Waals surface area (Å²) in [6.45, 7) is 9.10. The van der Waals surface area contributed by atoms with Gasteiger partial charge in [0.05, 0.1) is 0 Å². The van der Waals surface area contributed by atoms with E-state index in [0.717, 1.165) is 13.0 Å². The van der Waals surface area contributed by atoms with Crippen LogP contribution in [0.15, 0.2) is 0 Å². The minimum absolute atomic E-state index is 0.0225. The fourth-order valence-corrected chi connectivity index (χ4v) is 1.21. The Kier molecular flexibility index (Phi) is 5.51. The molecule has 0 aromatic carbocycles. The molecule has 0 aliphatic carbocycles. The van der Waals surface area contributed by atoms with Gasteiger partial charge in [0.2, 0.25) is 0 Å². The lowest BCUT2D eigenvalue weighted by Crippen LogP contribution is -2.27. The van der Waals surface area contributed by atoms with Crippen molar-refractivity contribution in [2.24, 2.45) is 5.92 Å². The Balaban J connectivity index is 0.000000561. The minimum atomic E-state index is -0.0225. The van der Waals surface area contributed by atoms with Crippen molar-refractivity contribution in [3.05, 3.63) is 0 Å². The highest BCUT2D eigenvalue weighted by Crippen LogP contribution is 2.05. The molecule has 1 rings (SSSR count). The Bertz CT molecular complexity index is 134. The molecular weight excluding hydrogens is 152 g/mol. The predicted molar refractivity (Wildman–Crippen MR) is 51.1 cm³/mol. The van der Waals surface area contributed by atoms with Gasteiger partial charge in [-0.1, -0.05) is 27.7 Å². The fraction of sp³-hybridized carbons (Fsp3) is 0.889. The van der Waals surface area contributed by atoms with Crippen molar-refractivity contribution in [1.82, 2.24) is 10.6 Å². The van der Waals surface area contributed by atoms with Crippen molar-refractivity contribution >= 4 is 6.03 Å². The molecule has 72 valence electrons. The van der Waals surface area contributed by atoms with Gasteiger partial charge >= 0.3 is 6.03 Å². The summed E-state index contributed by atoms with van der Waals surface area (Å²) in [5.41, 5.74) is 0. The zero-order valence-electron chi connectivity index (χ0n) is 8.48. The number of hydrogen-bond donors (Lipinski definition) is 2. The second kappa shape index (κ2) is 5.86. The summed E-state index contributed by atoms with van der Waals surface area (Å²) < 4.78 is 0. The van der Waals surface area contributed by atoms with Gasteiger partial charge in [-0.2, -0.15) is 0 Å². The first kappa shape index (κ1) is 11.3. The standard InChI is InChI=1S/C7H14N2O.C2H6/c1-5(2)3-6-4-8-7(10)9-6;1-2/h5-6H,3-4H2,1-2H3,(H2,8,9,10);1-2H3. The molecule has 1 unspecified atom stereocenters. The highest BCUT2D eigenvalue weighted by Gasteiger charge is 2.19. The van der Waals surface area contributed by atoms with Crippen molar-refractivity contribution in [2.45, 2.75) is 40.2 Å². The maximum Gasteiger partial charge on any atom is 0.315 e. The van der Waals surface area contributed by atoms with Gasteiger partial charge in [-0.05, 0) is 12.3 Å². The quantitative estimate of drug-likeness (QED) is 0.654. The highest BCUT2D eigenvalue weighted by atomic mass is 16.2. The number of carbonyl (C=O) groups excluding carboxylic acids is 1. The van der Waals surface area contributed by atoms with Gasteiger partial charge in [-0.3, -0.25) is 0 Å². The van der Waals surface area contributed by atoms with Crippen LogP contribution in [0.2, 0.25) is 0 Å². The number of nitrogens with one attached hydrogen (secondary N) is 2. The zero-order valence-corrected chi connectivity index (χ0v) is 8.48. The molecule has 1 aliphatic rings. The average Bonchev–Trinajstić information content (AvgIpc) is 2.39. The van der Waals surface area contributed by atoms with E-state index in [9.17, 15) is 4.79 Å². The van der Waals surface area contributed by atoms with Crippen molar-refractivity contribution in [3.8, 4) is 0 Å². The Morgan fingerprint density at radius 3 is 2.42 bits per heavy atom. The average molecular weight is 172 g/mol. The van der Waals surface area contributed by atoms with Crippen LogP contribution in [0.25, 0.3) is 0 Å². The maximum atomic E-state index is 10.6. The third-order valence-electron chi connectivity index (χ3n) is 1.60. The number of amides is 2. The lowest BCUT2D eigenvalue weighted by atomic mass is 10.1. The Labute approximate surface area is 74.9 Å². The predicted octanol–water partition coefficient (Wildman–Crippen LogP) is 1.74. The van der Waals surface area contributed by atoms with Crippen molar-refractivity contribution in [2.75, 3.05) is 6.54 Å². The van der Waals surface area contributed by atoms with Crippen LogP contribution >= 0.6 is 0 Å². The molecule has 2 amide bonds. The molecule has 3 nitrogen and oxygen atoms in total. The molecule has 0 saturated carbocycles. The monoisotopic (exact) mass is 172 g/mol. The lowest BCUT2D eigenvalue weighted by Gasteiger charge is -2.09. The smallest absolute Gasteiger partial charge is 0.315 e. The summed E-state index contributed by atoms with van der Waals surface area (Å²) in [4.78, 5) is 10.6. The summed E-state index contributed by atoms with van der Waals surface area (Å²) in [7, 11) is 0. The molecule has 0 spiro atoms. The number of rotatable bonds is 2. The molecule has 3 heteroatoms. The number of urea groups is 1. The lowest BCUT2D eigenvalue weighted by molar-refractivity contribution is 0.247. The van der Waals surface area contributed by atoms with Crippen LogP contribution in [0, 0.1) is 5.92 Å². The van der Waals surface area contributed by atoms with E-state index in [-0.39, 0.29) is 6.03 Å². The Morgan fingerprint density at radius 2 is 2.08 bits per heavy atom. The molecule has 0 radical (unpaired) electrons. The van der Waals surface area contributed by atoms with Crippen LogP contribution < -0.4 is 10.6 Å². The van der Waals surface area contributed by atoms with E-state index < -0.39 is 0 Å². The van der Waals surface area contributed by atoms with Gasteiger partial charge in [0.25, 0.3) is 0 Å². The third-order valence-corrected chi connectivity index (χ3v) is 1.60.